The van der Waals surface area contributed by atoms with Crippen molar-refractivity contribution in [3.8, 4) is 0 Å². The van der Waals surface area contributed by atoms with Crippen molar-refractivity contribution in [3.63, 3.8) is 0 Å². The van der Waals surface area contributed by atoms with Gasteiger partial charge >= 0.3 is 139 Å². The number of allylic oxidation sites excluding steroid dienone is 4. The summed E-state index contributed by atoms with van der Waals surface area (Å²) >= 11 is -1.99. The second-order valence-electron chi connectivity index (χ2n) is 6.61. The predicted molar refractivity (Wildman–Crippen MR) is 99.8 cm³/mol. The molecule has 0 bridgehead atoms. The van der Waals surface area contributed by atoms with E-state index in [0.717, 1.165) is 0 Å². The number of hydrogen-bond acceptors (Lipinski definition) is 0. The summed E-state index contributed by atoms with van der Waals surface area (Å²) in [5.41, 5.74) is 4.52. The molecule has 0 aromatic heterocycles. The van der Waals surface area contributed by atoms with E-state index in [9.17, 15) is 0 Å². The third-order valence-corrected chi connectivity index (χ3v) is 13.5. The first-order chi connectivity index (χ1) is 10.5. The van der Waals surface area contributed by atoms with Crippen LogP contribution in [0.25, 0.3) is 0 Å². The van der Waals surface area contributed by atoms with E-state index in [1.807, 2.05) is 0 Å². The molecule has 2 aromatic carbocycles. The maximum absolute atomic E-state index is 2.54. The van der Waals surface area contributed by atoms with Gasteiger partial charge in [-0.15, -0.1) is 0 Å². The molecule has 1 atom stereocenters. The molecule has 0 fully saturated rings. The number of hydrogen-bond donors (Lipinski definition) is 0. The van der Waals surface area contributed by atoms with Crippen molar-refractivity contribution in [3.05, 3.63) is 83.5 Å². The molecule has 0 amide bonds. The molecule has 0 N–H and O–H groups in total. The van der Waals surface area contributed by atoms with Crippen molar-refractivity contribution >= 4 is 23.1 Å². The van der Waals surface area contributed by atoms with Crippen LogP contribution in [0.5, 0.6) is 0 Å². The van der Waals surface area contributed by atoms with Gasteiger partial charge < -0.3 is 0 Å². The first-order valence-corrected chi connectivity index (χ1v) is 11.6. The molecule has 3 rings (SSSR count). The molecule has 22 heavy (non-hydrogen) atoms. The zero-order chi connectivity index (χ0) is 15.7. The van der Waals surface area contributed by atoms with Crippen LogP contribution in [-0.4, -0.2) is 14.3 Å². The summed E-state index contributed by atoms with van der Waals surface area (Å²) < 4.78 is 3.37. The number of benzene rings is 2. The normalized spacial score (nSPS) is 21.4. The van der Waals surface area contributed by atoms with E-state index in [1.54, 1.807) is 14.4 Å². The summed E-state index contributed by atoms with van der Waals surface area (Å²) in [5, 5.41) is 0. The molecule has 0 saturated heterocycles. The molecule has 0 spiro atoms. The summed E-state index contributed by atoms with van der Waals surface area (Å²) in [5.74, 6) is 0. The minimum atomic E-state index is -1.99. The molecule has 1 heteroatoms. The summed E-state index contributed by atoms with van der Waals surface area (Å²) in [6, 6.07) is 22.4. The summed E-state index contributed by atoms with van der Waals surface area (Å²) in [6.45, 7) is 9.35. The van der Waals surface area contributed by atoms with E-state index in [2.05, 4.69) is 94.4 Å². The second kappa shape index (κ2) is 5.92. The van der Waals surface area contributed by atoms with Crippen molar-refractivity contribution in [1.29, 1.82) is 0 Å². The fourth-order valence-electron chi connectivity index (χ4n) is 3.84. The summed E-state index contributed by atoms with van der Waals surface area (Å²) in [4.78, 5) is 0. The van der Waals surface area contributed by atoms with Crippen LogP contribution >= 0.6 is 0 Å². The van der Waals surface area contributed by atoms with Crippen molar-refractivity contribution in [2.75, 3.05) is 0 Å². The van der Waals surface area contributed by atoms with Gasteiger partial charge in [-0.1, -0.05) is 0 Å². The molecule has 0 nitrogen and oxygen atoms in total. The Labute approximate surface area is 138 Å². The molecule has 1 unspecified atom stereocenters. The first-order valence-electron chi connectivity index (χ1n) is 8.01. The third-order valence-electron chi connectivity index (χ3n) is 5.34. The van der Waals surface area contributed by atoms with Gasteiger partial charge in [0.25, 0.3) is 0 Å². The monoisotopic (exact) mass is 350 g/mol. The van der Waals surface area contributed by atoms with Gasteiger partial charge in [-0.25, -0.2) is 0 Å². The van der Waals surface area contributed by atoms with E-state index in [4.69, 9.17) is 0 Å². The molecule has 0 radical (unpaired) electrons. The Hall–Kier alpha value is -1.54. The van der Waals surface area contributed by atoms with Crippen LogP contribution in [0.15, 0.2) is 83.5 Å². The van der Waals surface area contributed by atoms with Crippen LogP contribution in [0.2, 0.25) is 4.25 Å². The molecule has 1 aliphatic rings. The molecule has 2 aromatic rings. The third kappa shape index (κ3) is 2.50. The van der Waals surface area contributed by atoms with Crippen molar-refractivity contribution in [2.24, 2.45) is 0 Å². The Bertz CT molecular complexity index is 686. The van der Waals surface area contributed by atoms with Gasteiger partial charge in [0.2, 0.25) is 0 Å². The summed E-state index contributed by atoms with van der Waals surface area (Å²) in [6.07, 6.45) is 2.54. The predicted octanol–water partition coefficient (Wildman–Crippen LogP) is 4.08. The van der Waals surface area contributed by atoms with E-state index < -0.39 is 14.3 Å². The van der Waals surface area contributed by atoms with Crippen LogP contribution in [0, 0.1) is 0 Å². The molecule has 1 aliphatic carbocycles. The van der Waals surface area contributed by atoms with E-state index in [0.29, 0.717) is 0 Å². The fraction of sp³-hybridized carbons (Fsp3) is 0.238. The molecule has 0 heterocycles. The zero-order valence-corrected chi connectivity index (χ0v) is 16.4. The zero-order valence-electron chi connectivity index (χ0n) is 13.9. The van der Waals surface area contributed by atoms with Gasteiger partial charge in [0.1, 0.15) is 0 Å². The van der Waals surface area contributed by atoms with Gasteiger partial charge in [0, 0.05) is 0 Å². The molecule has 0 saturated carbocycles. The average Bonchev–Trinajstić information content (AvgIpc) is 2.73. The first kappa shape index (κ1) is 15.4. The van der Waals surface area contributed by atoms with Crippen LogP contribution < -0.4 is 8.79 Å². The van der Waals surface area contributed by atoms with Crippen molar-refractivity contribution in [1.82, 2.24) is 0 Å². The molecule has 112 valence electrons. The van der Waals surface area contributed by atoms with Crippen molar-refractivity contribution in [2.45, 2.75) is 31.9 Å². The topological polar surface area (TPSA) is 0 Å². The Morgan fingerprint density at radius 3 is 1.55 bits per heavy atom. The Balaban J connectivity index is 2.20. The fourth-order valence-corrected chi connectivity index (χ4v) is 12.3. The Morgan fingerprint density at radius 1 is 0.727 bits per heavy atom. The van der Waals surface area contributed by atoms with E-state index in [1.165, 1.54) is 11.1 Å². The standard InChI is InChI=1S/C21H24Ge/c1-16-15-21(4,18(3)17(16)2)22(19-11-7-5-8-12-19)20-13-9-6-10-14-20/h5-15,22H,1-4H3. The maximum atomic E-state index is 2.54. The molecule has 0 aliphatic heterocycles. The SMILES string of the molecule is CC1=C[C](C)([GeH]([c]2ccccc2)[c]2ccccc2)C(C)=C1C. The van der Waals surface area contributed by atoms with Gasteiger partial charge in [0.05, 0.1) is 0 Å². The number of rotatable bonds is 3. The minimum absolute atomic E-state index is 0.226. The van der Waals surface area contributed by atoms with Crippen molar-refractivity contribution < 1.29 is 0 Å². The van der Waals surface area contributed by atoms with Crippen LogP contribution in [0.4, 0.5) is 0 Å². The van der Waals surface area contributed by atoms with Gasteiger partial charge in [0.15, 0.2) is 0 Å². The van der Waals surface area contributed by atoms with Gasteiger partial charge in [-0.05, 0) is 0 Å². The van der Waals surface area contributed by atoms with Gasteiger partial charge in [-0.2, -0.15) is 0 Å². The average molecular weight is 349 g/mol. The second-order valence-corrected chi connectivity index (χ2v) is 13.7. The van der Waals surface area contributed by atoms with E-state index in [-0.39, 0.29) is 4.25 Å². The van der Waals surface area contributed by atoms with Gasteiger partial charge in [-0.3, -0.25) is 0 Å². The van der Waals surface area contributed by atoms with Crippen LogP contribution in [0.1, 0.15) is 27.7 Å². The van der Waals surface area contributed by atoms with E-state index >= 15 is 0 Å². The molecular formula is C21H24Ge. The molecular weight excluding hydrogens is 325 g/mol. The summed E-state index contributed by atoms with van der Waals surface area (Å²) in [7, 11) is 0. The Morgan fingerprint density at radius 2 is 1.18 bits per heavy atom. The van der Waals surface area contributed by atoms with Crippen LogP contribution in [-0.2, 0) is 0 Å². The van der Waals surface area contributed by atoms with Crippen LogP contribution in [0.3, 0.4) is 0 Å². The quantitative estimate of drug-likeness (QED) is 0.733. The Kier molecular flexibility index (Phi) is 4.14.